The maximum atomic E-state index is 14.4. The van der Waals surface area contributed by atoms with Crippen molar-refractivity contribution >= 4 is 17.5 Å². The van der Waals surface area contributed by atoms with Gasteiger partial charge in [-0.2, -0.15) is 0 Å². The Bertz CT molecular complexity index is 1320. The molecule has 4 heterocycles. The van der Waals surface area contributed by atoms with Gasteiger partial charge < -0.3 is 21.1 Å². The number of fused-ring (bicyclic) bond motifs is 1. The van der Waals surface area contributed by atoms with Gasteiger partial charge in [-0.15, -0.1) is 0 Å². The zero-order valence-electron chi connectivity index (χ0n) is 18.9. The van der Waals surface area contributed by atoms with E-state index < -0.39 is 40.7 Å². The second-order valence-corrected chi connectivity index (χ2v) is 8.74. The Labute approximate surface area is 204 Å². The molecule has 8 nitrogen and oxygen atoms in total. The lowest BCUT2D eigenvalue weighted by Gasteiger charge is -2.43. The second kappa shape index (κ2) is 9.67. The molecule has 11 heteroatoms. The van der Waals surface area contributed by atoms with Gasteiger partial charge >= 0.3 is 0 Å². The summed E-state index contributed by atoms with van der Waals surface area (Å²) in [5, 5.41) is 5.56. The Kier molecular flexibility index (Phi) is 6.42. The number of nitrogens with one attached hydrogen (secondary N) is 2. The molecule has 0 aliphatic carbocycles. The van der Waals surface area contributed by atoms with E-state index in [0.717, 1.165) is 30.3 Å². The fourth-order valence-electron chi connectivity index (χ4n) is 4.64. The van der Waals surface area contributed by atoms with Crippen LogP contribution in [-0.2, 0) is 9.53 Å². The first-order chi connectivity index (χ1) is 17.3. The summed E-state index contributed by atoms with van der Waals surface area (Å²) < 4.78 is 49.1. The van der Waals surface area contributed by atoms with Gasteiger partial charge in [0.15, 0.2) is 0 Å². The van der Waals surface area contributed by atoms with Gasteiger partial charge in [0, 0.05) is 24.2 Å². The summed E-state index contributed by atoms with van der Waals surface area (Å²) in [5.41, 5.74) is 5.74. The van der Waals surface area contributed by atoms with Crippen LogP contribution in [0.25, 0.3) is 11.3 Å². The van der Waals surface area contributed by atoms with Crippen LogP contribution in [0, 0.1) is 17.5 Å². The highest BCUT2D eigenvalue weighted by Crippen LogP contribution is 2.37. The van der Waals surface area contributed by atoms with Crippen molar-refractivity contribution in [3.63, 3.8) is 0 Å². The van der Waals surface area contributed by atoms with Crippen molar-refractivity contribution in [3.05, 3.63) is 77.5 Å². The van der Waals surface area contributed by atoms with Crippen LogP contribution in [0.15, 0.2) is 48.8 Å². The van der Waals surface area contributed by atoms with Crippen LogP contribution in [0.2, 0.25) is 0 Å². The van der Waals surface area contributed by atoms with Gasteiger partial charge in [0.2, 0.25) is 5.91 Å². The molecular formula is C25H22F3N5O3. The predicted molar refractivity (Wildman–Crippen MR) is 123 cm³/mol. The fourth-order valence-corrected chi connectivity index (χ4v) is 4.64. The van der Waals surface area contributed by atoms with Crippen LogP contribution in [-0.4, -0.2) is 40.0 Å². The van der Waals surface area contributed by atoms with E-state index in [4.69, 9.17) is 10.5 Å². The van der Waals surface area contributed by atoms with Crippen molar-refractivity contribution in [2.24, 2.45) is 5.73 Å². The summed E-state index contributed by atoms with van der Waals surface area (Å²) in [6, 6.07) is 6.19. The third kappa shape index (κ3) is 4.54. The summed E-state index contributed by atoms with van der Waals surface area (Å²) >= 11 is 0. The van der Waals surface area contributed by atoms with E-state index in [1.165, 1.54) is 6.20 Å². The maximum Gasteiger partial charge on any atom is 0.274 e. The van der Waals surface area contributed by atoms with Crippen LogP contribution in [0.3, 0.4) is 0 Å². The number of pyridine rings is 2. The van der Waals surface area contributed by atoms with Crippen molar-refractivity contribution in [1.82, 2.24) is 15.3 Å². The Morgan fingerprint density at radius 2 is 1.89 bits per heavy atom. The van der Waals surface area contributed by atoms with Gasteiger partial charge in [0.1, 0.15) is 28.8 Å². The minimum Gasteiger partial charge on any atom is -0.368 e. The number of nitrogens with two attached hydrogens (primary N) is 1. The molecule has 4 N–H and O–H groups in total. The number of benzene rings is 1. The number of halogens is 3. The van der Waals surface area contributed by atoms with Crippen LogP contribution in [0.1, 0.15) is 41.4 Å². The topological polar surface area (TPSA) is 119 Å². The molecule has 2 fully saturated rings. The number of hydrogen-bond acceptors (Lipinski definition) is 6. The number of amides is 2. The standard InChI is InChI=1S/C25H22F3N5O3/c26-13-2-1-3-14(27)22(13)23-15(28)4-5-17(31-23)25(35)32-18-11-30-9-8-12(18)20-10-16(29)24-19(36-20)6-7-21(34)33-24/h1-5,8-9,11,16,19-20,24H,6-7,10,29H2,(H,32,35)(H,33,34)/t16-,19-,20-,24+/m1/s1. The van der Waals surface area contributed by atoms with Gasteiger partial charge in [-0.25, -0.2) is 18.2 Å². The first-order valence-electron chi connectivity index (χ1n) is 11.4. The molecule has 186 valence electrons. The molecule has 2 aromatic heterocycles. The Hall–Kier alpha value is -3.83. The first-order valence-corrected chi connectivity index (χ1v) is 11.4. The zero-order valence-corrected chi connectivity index (χ0v) is 18.9. The highest BCUT2D eigenvalue weighted by Gasteiger charge is 2.41. The average Bonchev–Trinajstić information content (AvgIpc) is 2.85. The number of rotatable bonds is 4. The quantitative estimate of drug-likeness (QED) is 0.509. The summed E-state index contributed by atoms with van der Waals surface area (Å²) in [4.78, 5) is 32.7. The predicted octanol–water partition coefficient (Wildman–Crippen LogP) is 3.25. The molecule has 5 rings (SSSR count). The Balaban J connectivity index is 1.40. The zero-order chi connectivity index (χ0) is 25.4. The largest absolute Gasteiger partial charge is 0.368 e. The number of aromatic nitrogens is 2. The third-order valence-electron chi connectivity index (χ3n) is 6.40. The molecule has 2 amide bonds. The van der Waals surface area contributed by atoms with Crippen molar-refractivity contribution in [2.45, 2.75) is 43.6 Å². The van der Waals surface area contributed by atoms with E-state index >= 15 is 0 Å². The third-order valence-corrected chi connectivity index (χ3v) is 6.40. The Morgan fingerprint density at radius 1 is 1.11 bits per heavy atom. The number of carbonyl (C=O) groups is 2. The lowest BCUT2D eigenvalue weighted by molar-refractivity contribution is -0.136. The molecule has 4 atom stereocenters. The van der Waals surface area contributed by atoms with E-state index in [1.807, 2.05) is 0 Å². The molecule has 0 unspecified atom stereocenters. The Morgan fingerprint density at radius 3 is 2.67 bits per heavy atom. The fraction of sp³-hybridized carbons (Fsp3) is 0.280. The summed E-state index contributed by atoms with van der Waals surface area (Å²) in [6.07, 6.45) is 3.48. The van der Waals surface area contributed by atoms with Gasteiger partial charge in [0.05, 0.1) is 35.7 Å². The number of ether oxygens (including phenoxy) is 1. The van der Waals surface area contributed by atoms with E-state index in [9.17, 15) is 22.8 Å². The first kappa shape index (κ1) is 23.9. The van der Waals surface area contributed by atoms with E-state index in [1.54, 1.807) is 12.3 Å². The number of anilines is 1. The normalized spacial score (nSPS) is 23.5. The molecule has 1 aromatic carbocycles. The highest BCUT2D eigenvalue weighted by atomic mass is 19.1. The molecule has 0 saturated carbocycles. The number of nitrogens with zero attached hydrogens (tertiary/aromatic N) is 2. The highest BCUT2D eigenvalue weighted by molar-refractivity contribution is 6.03. The van der Waals surface area contributed by atoms with E-state index in [0.29, 0.717) is 30.5 Å². The smallest absolute Gasteiger partial charge is 0.274 e. The van der Waals surface area contributed by atoms with Crippen LogP contribution < -0.4 is 16.4 Å². The second-order valence-electron chi connectivity index (χ2n) is 8.74. The molecule has 2 aliphatic rings. The SMILES string of the molecule is N[C@@H]1C[C@H](c2ccncc2NC(=O)c2ccc(F)c(-c3c(F)cccc3F)n2)O[C@@H]2CCC(=O)N[C@@H]12. The van der Waals surface area contributed by atoms with Crippen LogP contribution in [0.4, 0.5) is 18.9 Å². The van der Waals surface area contributed by atoms with Crippen molar-refractivity contribution in [3.8, 4) is 11.3 Å². The summed E-state index contributed by atoms with van der Waals surface area (Å²) in [6.45, 7) is 0. The molecule has 2 saturated heterocycles. The average molecular weight is 497 g/mol. The molecule has 0 bridgehead atoms. The maximum absolute atomic E-state index is 14.4. The van der Waals surface area contributed by atoms with Crippen LogP contribution in [0.5, 0.6) is 0 Å². The lowest BCUT2D eigenvalue weighted by Crippen LogP contribution is -2.61. The molecule has 0 spiro atoms. The van der Waals surface area contributed by atoms with E-state index in [2.05, 4.69) is 20.6 Å². The molecule has 0 radical (unpaired) electrons. The number of piperidine rings is 1. The summed E-state index contributed by atoms with van der Waals surface area (Å²) in [7, 11) is 0. The molecule has 3 aromatic rings. The molecule has 36 heavy (non-hydrogen) atoms. The van der Waals surface area contributed by atoms with Crippen molar-refractivity contribution in [2.75, 3.05) is 5.32 Å². The lowest BCUT2D eigenvalue weighted by atomic mass is 9.86. The van der Waals surface area contributed by atoms with Crippen LogP contribution >= 0.6 is 0 Å². The minimum atomic E-state index is -1.00. The van der Waals surface area contributed by atoms with Gasteiger partial charge in [0.25, 0.3) is 5.91 Å². The van der Waals surface area contributed by atoms with Crippen molar-refractivity contribution in [1.29, 1.82) is 0 Å². The monoisotopic (exact) mass is 497 g/mol. The summed E-state index contributed by atoms with van der Waals surface area (Å²) in [5.74, 6) is -3.78. The minimum absolute atomic E-state index is 0.0629. The van der Waals surface area contributed by atoms with Crippen molar-refractivity contribution < 1.29 is 27.5 Å². The van der Waals surface area contributed by atoms with E-state index in [-0.39, 0.29) is 29.8 Å². The van der Waals surface area contributed by atoms with Gasteiger partial charge in [-0.3, -0.25) is 14.6 Å². The number of hydrogen-bond donors (Lipinski definition) is 3. The molecule has 2 aliphatic heterocycles. The van der Waals surface area contributed by atoms with Gasteiger partial charge in [-0.1, -0.05) is 6.07 Å². The van der Waals surface area contributed by atoms with Gasteiger partial charge in [-0.05, 0) is 43.2 Å². The molecular weight excluding hydrogens is 475 g/mol. The number of carbonyl (C=O) groups excluding carboxylic acids is 2.